The SMILES string of the molecule is O=C(NCC1COCCN1)C12CC3CC(CC(C3)C1)C2. The lowest BCUT2D eigenvalue weighted by Gasteiger charge is -2.55. The summed E-state index contributed by atoms with van der Waals surface area (Å²) in [6.07, 6.45) is 7.64. The Morgan fingerprint density at radius 1 is 1.15 bits per heavy atom. The zero-order valence-electron chi connectivity index (χ0n) is 12.2. The molecule has 5 rings (SSSR count). The van der Waals surface area contributed by atoms with Gasteiger partial charge in [-0.2, -0.15) is 0 Å². The summed E-state index contributed by atoms with van der Waals surface area (Å²) in [6.45, 7) is 3.14. The molecule has 4 bridgehead atoms. The van der Waals surface area contributed by atoms with Crippen LogP contribution in [-0.2, 0) is 9.53 Å². The monoisotopic (exact) mass is 278 g/mol. The maximum atomic E-state index is 12.8. The molecular weight excluding hydrogens is 252 g/mol. The fraction of sp³-hybridized carbons (Fsp3) is 0.938. The van der Waals surface area contributed by atoms with Gasteiger partial charge >= 0.3 is 0 Å². The largest absolute Gasteiger partial charge is 0.378 e. The standard InChI is InChI=1S/C16H26N2O2/c19-15(18-9-14-10-20-2-1-17-14)16-6-11-3-12(7-16)5-13(4-11)8-16/h11-14,17H,1-10H2,(H,18,19). The highest BCUT2D eigenvalue weighted by Crippen LogP contribution is 2.60. The first-order chi connectivity index (χ1) is 9.73. The molecule has 1 aliphatic heterocycles. The van der Waals surface area contributed by atoms with Gasteiger partial charge in [0, 0.05) is 24.5 Å². The van der Waals surface area contributed by atoms with Gasteiger partial charge in [-0.3, -0.25) is 4.79 Å². The van der Waals surface area contributed by atoms with E-state index in [2.05, 4.69) is 10.6 Å². The topological polar surface area (TPSA) is 50.4 Å². The van der Waals surface area contributed by atoms with Gasteiger partial charge in [0.05, 0.1) is 13.2 Å². The molecule has 1 unspecified atom stereocenters. The Hall–Kier alpha value is -0.610. The second kappa shape index (κ2) is 4.99. The van der Waals surface area contributed by atoms with Crippen molar-refractivity contribution < 1.29 is 9.53 Å². The third kappa shape index (κ3) is 2.27. The summed E-state index contributed by atoms with van der Waals surface area (Å²) in [6, 6.07) is 0.293. The van der Waals surface area contributed by atoms with Crippen LogP contribution in [0.3, 0.4) is 0 Å². The number of rotatable bonds is 3. The Morgan fingerprint density at radius 3 is 2.35 bits per heavy atom. The average Bonchev–Trinajstić information content (AvgIpc) is 2.44. The normalized spacial score (nSPS) is 46.4. The van der Waals surface area contributed by atoms with Crippen molar-refractivity contribution in [3.63, 3.8) is 0 Å². The van der Waals surface area contributed by atoms with E-state index < -0.39 is 0 Å². The lowest BCUT2D eigenvalue weighted by atomic mass is 9.49. The van der Waals surface area contributed by atoms with Crippen LogP contribution in [-0.4, -0.2) is 38.3 Å². The second-order valence-corrected chi connectivity index (χ2v) is 7.63. The molecule has 4 aliphatic carbocycles. The lowest BCUT2D eigenvalue weighted by Crippen LogP contribution is -2.56. The van der Waals surface area contributed by atoms with Gasteiger partial charge in [0.15, 0.2) is 0 Å². The van der Waals surface area contributed by atoms with Gasteiger partial charge < -0.3 is 15.4 Å². The number of morpholine rings is 1. The van der Waals surface area contributed by atoms with Crippen LogP contribution >= 0.6 is 0 Å². The smallest absolute Gasteiger partial charge is 0.226 e. The van der Waals surface area contributed by atoms with Gasteiger partial charge in [-0.15, -0.1) is 0 Å². The van der Waals surface area contributed by atoms with Gasteiger partial charge in [-0.05, 0) is 56.3 Å². The van der Waals surface area contributed by atoms with Crippen molar-refractivity contribution in [3.05, 3.63) is 0 Å². The maximum Gasteiger partial charge on any atom is 0.226 e. The van der Waals surface area contributed by atoms with Crippen molar-refractivity contribution in [2.45, 2.75) is 44.6 Å². The Kier molecular flexibility index (Phi) is 3.26. The quantitative estimate of drug-likeness (QED) is 0.818. The molecular formula is C16H26N2O2. The van der Waals surface area contributed by atoms with E-state index in [1.54, 1.807) is 0 Å². The number of hydrogen-bond acceptors (Lipinski definition) is 3. The number of ether oxygens (including phenoxy) is 1. The number of amides is 1. The third-order valence-corrected chi connectivity index (χ3v) is 6.03. The van der Waals surface area contributed by atoms with E-state index >= 15 is 0 Å². The predicted octanol–water partition coefficient (Wildman–Crippen LogP) is 1.31. The minimum atomic E-state index is -0.00965. The number of carbonyl (C=O) groups excluding carboxylic acids is 1. The van der Waals surface area contributed by atoms with Crippen LogP contribution in [0.1, 0.15) is 38.5 Å². The average molecular weight is 278 g/mol. The van der Waals surface area contributed by atoms with Crippen LogP contribution in [0.15, 0.2) is 0 Å². The molecule has 0 radical (unpaired) electrons. The van der Waals surface area contributed by atoms with Crippen molar-refractivity contribution >= 4 is 5.91 Å². The van der Waals surface area contributed by atoms with Crippen LogP contribution in [0, 0.1) is 23.2 Å². The molecule has 1 atom stereocenters. The fourth-order valence-electron chi connectivity index (χ4n) is 5.54. The summed E-state index contributed by atoms with van der Waals surface area (Å²) in [5.74, 6) is 2.85. The molecule has 0 aromatic carbocycles. The van der Waals surface area contributed by atoms with E-state index in [0.29, 0.717) is 11.9 Å². The maximum absolute atomic E-state index is 12.8. The molecule has 4 saturated carbocycles. The number of nitrogens with one attached hydrogen (secondary N) is 2. The Morgan fingerprint density at radius 2 is 1.80 bits per heavy atom. The van der Waals surface area contributed by atoms with E-state index in [1.165, 1.54) is 19.3 Å². The summed E-state index contributed by atoms with van der Waals surface area (Å²) in [4.78, 5) is 12.8. The van der Waals surface area contributed by atoms with Gasteiger partial charge in [-0.1, -0.05) is 0 Å². The van der Waals surface area contributed by atoms with Crippen LogP contribution in [0.25, 0.3) is 0 Å². The molecule has 4 heteroatoms. The first-order valence-corrected chi connectivity index (χ1v) is 8.33. The molecule has 2 N–H and O–H groups in total. The van der Waals surface area contributed by atoms with Crippen LogP contribution in [0.2, 0.25) is 0 Å². The molecule has 0 aromatic heterocycles. The van der Waals surface area contributed by atoms with Crippen LogP contribution < -0.4 is 10.6 Å². The molecule has 5 fully saturated rings. The minimum absolute atomic E-state index is 0.00965. The zero-order chi connectivity index (χ0) is 13.6. The molecule has 1 heterocycles. The van der Waals surface area contributed by atoms with Gasteiger partial charge in [-0.25, -0.2) is 0 Å². The van der Waals surface area contributed by atoms with Crippen molar-refractivity contribution in [2.75, 3.05) is 26.3 Å². The van der Waals surface area contributed by atoms with Crippen molar-refractivity contribution in [1.82, 2.24) is 10.6 Å². The first kappa shape index (κ1) is 13.1. The van der Waals surface area contributed by atoms with E-state index in [9.17, 15) is 4.79 Å². The molecule has 4 nitrogen and oxygen atoms in total. The van der Waals surface area contributed by atoms with Gasteiger partial charge in [0.25, 0.3) is 0 Å². The molecule has 5 aliphatic rings. The van der Waals surface area contributed by atoms with E-state index in [0.717, 1.165) is 63.3 Å². The van der Waals surface area contributed by atoms with E-state index in [4.69, 9.17) is 4.74 Å². The van der Waals surface area contributed by atoms with E-state index in [1.807, 2.05) is 0 Å². The highest BCUT2D eigenvalue weighted by Gasteiger charge is 2.54. The third-order valence-electron chi connectivity index (χ3n) is 6.03. The van der Waals surface area contributed by atoms with Crippen LogP contribution in [0.5, 0.6) is 0 Å². The second-order valence-electron chi connectivity index (χ2n) is 7.63. The fourth-order valence-corrected chi connectivity index (χ4v) is 5.54. The number of carbonyl (C=O) groups is 1. The summed E-state index contributed by atoms with van der Waals surface area (Å²) < 4.78 is 5.45. The summed E-state index contributed by atoms with van der Waals surface area (Å²) >= 11 is 0. The Balaban J connectivity index is 1.38. The summed E-state index contributed by atoms with van der Waals surface area (Å²) in [5, 5.41) is 6.64. The van der Waals surface area contributed by atoms with Crippen molar-refractivity contribution in [1.29, 1.82) is 0 Å². The molecule has 0 aromatic rings. The van der Waals surface area contributed by atoms with Gasteiger partial charge in [0.1, 0.15) is 0 Å². The molecule has 20 heavy (non-hydrogen) atoms. The molecule has 0 spiro atoms. The molecule has 1 amide bonds. The highest BCUT2D eigenvalue weighted by molar-refractivity contribution is 5.83. The zero-order valence-corrected chi connectivity index (χ0v) is 12.2. The van der Waals surface area contributed by atoms with E-state index in [-0.39, 0.29) is 5.41 Å². The highest BCUT2D eigenvalue weighted by atomic mass is 16.5. The molecule has 1 saturated heterocycles. The Bertz CT molecular complexity index is 355. The molecule has 112 valence electrons. The number of hydrogen-bond donors (Lipinski definition) is 2. The first-order valence-electron chi connectivity index (χ1n) is 8.33. The Labute approximate surface area is 121 Å². The van der Waals surface area contributed by atoms with Gasteiger partial charge in [0.2, 0.25) is 5.91 Å². The predicted molar refractivity (Wildman–Crippen MR) is 76.2 cm³/mol. The van der Waals surface area contributed by atoms with Crippen molar-refractivity contribution in [3.8, 4) is 0 Å². The summed E-state index contributed by atoms with van der Waals surface area (Å²) in [7, 11) is 0. The minimum Gasteiger partial charge on any atom is -0.378 e. The summed E-state index contributed by atoms with van der Waals surface area (Å²) in [5.41, 5.74) is -0.00965. The lowest BCUT2D eigenvalue weighted by molar-refractivity contribution is -0.146. The van der Waals surface area contributed by atoms with Crippen molar-refractivity contribution in [2.24, 2.45) is 23.2 Å². The van der Waals surface area contributed by atoms with Crippen LogP contribution in [0.4, 0.5) is 0 Å².